The Balaban J connectivity index is 2.19. The second kappa shape index (κ2) is 5.08. The van der Waals surface area contributed by atoms with Gasteiger partial charge in [0, 0.05) is 6.54 Å². The molecule has 0 saturated heterocycles. The monoisotopic (exact) mass is 248 g/mol. The van der Waals surface area contributed by atoms with Gasteiger partial charge in [-0.25, -0.2) is 4.79 Å². The fraction of sp³-hybridized carbons (Fsp3) is 0.385. The van der Waals surface area contributed by atoms with Gasteiger partial charge in [-0.2, -0.15) is 0 Å². The molecule has 2 rings (SSSR count). The zero-order chi connectivity index (χ0) is 13.1. The molecule has 0 spiro atoms. The Morgan fingerprint density at radius 1 is 1.50 bits per heavy atom. The van der Waals surface area contributed by atoms with Gasteiger partial charge in [0.2, 0.25) is 0 Å². The summed E-state index contributed by atoms with van der Waals surface area (Å²) >= 11 is 0. The SMILES string of the molecule is CCC(NC(=O)c1cccc2c1NCC2)C(=O)O. The summed E-state index contributed by atoms with van der Waals surface area (Å²) in [6, 6.07) is 4.67. The van der Waals surface area contributed by atoms with Gasteiger partial charge in [0.1, 0.15) is 6.04 Å². The first-order valence-corrected chi connectivity index (χ1v) is 6.03. The van der Waals surface area contributed by atoms with Crippen LogP contribution < -0.4 is 10.6 Å². The summed E-state index contributed by atoms with van der Waals surface area (Å²) in [5.41, 5.74) is 2.45. The molecular weight excluding hydrogens is 232 g/mol. The molecule has 0 radical (unpaired) electrons. The van der Waals surface area contributed by atoms with Crippen molar-refractivity contribution in [1.82, 2.24) is 5.32 Å². The van der Waals surface area contributed by atoms with Crippen molar-refractivity contribution in [2.75, 3.05) is 11.9 Å². The van der Waals surface area contributed by atoms with Crippen LogP contribution in [0, 0.1) is 0 Å². The molecule has 1 amide bonds. The minimum Gasteiger partial charge on any atom is -0.480 e. The van der Waals surface area contributed by atoms with E-state index in [1.54, 1.807) is 13.0 Å². The van der Waals surface area contributed by atoms with Crippen LogP contribution in [-0.2, 0) is 11.2 Å². The van der Waals surface area contributed by atoms with E-state index < -0.39 is 12.0 Å². The van der Waals surface area contributed by atoms with Gasteiger partial charge in [-0.1, -0.05) is 19.1 Å². The van der Waals surface area contributed by atoms with Crippen molar-refractivity contribution in [3.8, 4) is 0 Å². The van der Waals surface area contributed by atoms with Crippen LogP contribution in [0.5, 0.6) is 0 Å². The van der Waals surface area contributed by atoms with Gasteiger partial charge < -0.3 is 15.7 Å². The average molecular weight is 248 g/mol. The summed E-state index contributed by atoms with van der Waals surface area (Å²) in [7, 11) is 0. The number of rotatable bonds is 4. The second-order valence-corrected chi connectivity index (χ2v) is 4.29. The van der Waals surface area contributed by atoms with E-state index in [4.69, 9.17) is 5.11 Å². The predicted molar refractivity (Wildman–Crippen MR) is 67.8 cm³/mol. The molecule has 0 fully saturated rings. The maximum absolute atomic E-state index is 12.1. The van der Waals surface area contributed by atoms with Crippen molar-refractivity contribution in [2.45, 2.75) is 25.8 Å². The number of amides is 1. The lowest BCUT2D eigenvalue weighted by atomic mass is 10.1. The number of carboxylic acids is 1. The molecule has 1 aromatic carbocycles. The molecule has 5 heteroatoms. The van der Waals surface area contributed by atoms with E-state index in [0.29, 0.717) is 12.0 Å². The van der Waals surface area contributed by atoms with E-state index in [1.807, 2.05) is 12.1 Å². The number of para-hydroxylation sites is 1. The lowest BCUT2D eigenvalue weighted by molar-refractivity contribution is -0.139. The Morgan fingerprint density at radius 3 is 2.94 bits per heavy atom. The lowest BCUT2D eigenvalue weighted by Gasteiger charge is -2.14. The summed E-state index contributed by atoms with van der Waals surface area (Å²) in [5.74, 6) is -1.35. The number of carbonyl (C=O) groups is 2. The summed E-state index contributed by atoms with van der Waals surface area (Å²) in [6.45, 7) is 2.54. The van der Waals surface area contributed by atoms with Crippen LogP contribution in [0.4, 0.5) is 5.69 Å². The van der Waals surface area contributed by atoms with E-state index in [1.165, 1.54) is 0 Å². The molecule has 5 nitrogen and oxygen atoms in total. The van der Waals surface area contributed by atoms with Crippen LogP contribution in [0.15, 0.2) is 18.2 Å². The molecule has 0 bridgehead atoms. The van der Waals surface area contributed by atoms with Gasteiger partial charge in [-0.15, -0.1) is 0 Å². The maximum atomic E-state index is 12.1. The van der Waals surface area contributed by atoms with Crippen LogP contribution in [0.25, 0.3) is 0 Å². The summed E-state index contributed by atoms with van der Waals surface area (Å²) in [4.78, 5) is 23.0. The number of carboxylic acid groups (broad SMARTS) is 1. The van der Waals surface area contributed by atoms with Gasteiger partial charge in [0.25, 0.3) is 5.91 Å². The minimum absolute atomic E-state index is 0.337. The third kappa shape index (κ3) is 2.30. The Labute approximate surface area is 105 Å². The Morgan fingerprint density at radius 2 is 2.28 bits per heavy atom. The van der Waals surface area contributed by atoms with Gasteiger partial charge in [0.05, 0.1) is 11.3 Å². The first kappa shape index (κ1) is 12.4. The fourth-order valence-electron chi connectivity index (χ4n) is 2.10. The number of fused-ring (bicyclic) bond motifs is 1. The fourth-order valence-corrected chi connectivity index (χ4v) is 2.10. The molecule has 0 aromatic heterocycles. The van der Waals surface area contributed by atoms with Gasteiger partial charge in [-0.05, 0) is 24.5 Å². The number of anilines is 1. The highest BCUT2D eigenvalue weighted by Crippen LogP contribution is 2.26. The smallest absolute Gasteiger partial charge is 0.326 e. The molecule has 0 saturated carbocycles. The Hall–Kier alpha value is -2.04. The van der Waals surface area contributed by atoms with E-state index in [-0.39, 0.29) is 5.91 Å². The number of aliphatic carboxylic acids is 1. The van der Waals surface area contributed by atoms with Crippen LogP contribution in [-0.4, -0.2) is 29.6 Å². The Bertz CT molecular complexity index is 485. The molecule has 18 heavy (non-hydrogen) atoms. The third-order valence-corrected chi connectivity index (χ3v) is 3.10. The van der Waals surface area contributed by atoms with Crippen molar-refractivity contribution in [3.05, 3.63) is 29.3 Å². The van der Waals surface area contributed by atoms with Crippen LogP contribution in [0.2, 0.25) is 0 Å². The van der Waals surface area contributed by atoms with E-state index in [2.05, 4.69) is 10.6 Å². The molecule has 1 aliphatic rings. The minimum atomic E-state index is -1.01. The standard InChI is InChI=1S/C13H16N2O3/c1-2-10(13(17)18)15-12(16)9-5-3-4-8-6-7-14-11(8)9/h3-5,10,14H,2,6-7H2,1H3,(H,15,16)(H,17,18). The third-order valence-electron chi connectivity index (χ3n) is 3.10. The summed E-state index contributed by atoms with van der Waals surface area (Å²) in [5, 5.41) is 14.6. The van der Waals surface area contributed by atoms with Gasteiger partial charge in [-0.3, -0.25) is 4.79 Å². The van der Waals surface area contributed by atoms with Crippen molar-refractivity contribution in [1.29, 1.82) is 0 Å². The molecular formula is C13H16N2O3. The molecule has 96 valence electrons. The molecule has 1 heterocycles. The molecule has 1 unspecified atom stereocenters. The summed E-state index contributed by atoms with van der Waals surface area (Å²) < 4.78 is 0. The van der Waals surface area contributed by atoms with Crippen molar-refractivity contribution < 1.29 is 14.7 Å². The zero-order valence-electron chi connectivity index (χ0n) is 10.2. The molecule has 0 aliphatic carbocycles. The number of hydrogen-bond acceptors (Lipinski definition) is 3. The normalized spacial score (nSPS) is 14.5. The molecule has 1 aliphatic heterocycles. The highest BCUT2D eigenvalue weighted by atomic mass is 16.4. The largest absolute Gasteiger partial charge is 0.480 e. The zero-order valence-corrected chi connectivity index (χ0v) is 10.2. The highest BCUT2D eigenvalue weighted by molar-refractivity contribution is 6.02. The molecule has 1 aromatic rings. The average Bonchev–Trinajstić information content (AvgIpc) is 2.82. The molecule has 3 N–H and O–H groups in total. The highest BCUT2D eigenvalue weighted by Gasteiger charge is 2.22. The van der Waals surface area contributed by atoms with Crippen molar-refractivity contribution in [2.24, 2.45) is 0 Å². The number of benzene rings is 1. The topological polar surface area (TPSA) is 78.4 Å². The van der Waals surface area contributed by atoms with Crippen LogP contribution in [0.1, 0.15) is 29.3 Å². The van der Waals surface area contributed by atoms with Crippen molar-refractivity contribution in [3.63, 3.8) is 0 Å². The van der Waals surface area contributed by atoms with E-state index in [0.717, 1.165) is 24.2 Å². The Kier molecular flexibility index (Phi) is 3.50. The summed E-state index contributed by atoms with van der Waals surface area (Å²) in [6.07, 6.45) is 1.26. The number of hydrogen-bond donors (Lipinski definition) is 3. The number of carbonyl (C=O) groups excluding carboxylic acids is 1. The quantitative estimate of drug-likeness (QED) is 0.749. The van der Waals surface area contributed by atoms with Gasteiger partial charge >= 0.3 is 5.97 Å². The lowest BCUT2D eigenvalue weighted by Crippen LogP contribution is -2.40. The van der Waals surface area contributed by atoms with Crippen molar-refractivity contribution >= 4 is 17.6 Å². The van der Waals surface area contributed by atoms with Crippen LogP contribution in [0.3, 0.4) is 0 Å². The van der Waals surface area contributed by atoms with Gasteiger partial charge in [0.15, 0.2) is 0 Å². The van der Waals surface area contributed by atoms with E-state index in [9.17, 15) is 9.59 Å². The first-order valence-electron chi connectivity index (χ1n) is 6.03. The number of nitrogens with one attached hydrogen (secondary N) is 2. The maximum Gasteiger partial charge on any atom is 0.326 e. The van der Waals surface area contributed by atoms with Crippen LogP contribution >= 0.6 is 0 Å². The second-order valence-electron chi connectivity index (χ2n) is 4.29. The molecule has 1 atom stereocenters. The first-order chi connectivity index (χ1) is 8.63. The predicted octanol–water partition coefficient (Wildman–Crippen LogP) is 1.25. The van der Waals surface area contributed by atoms with E-state index >= 15 is 0 Å².